The van der Waals surface area contributed by atoms with Gasteiger partial charge in [-0.2, -0.15) is 0 Å². The molecular weight excluding hydrogens is 456 g/mol. The molecule has 0 aliphatic heterocycles. The third-order valence-electron chi connectivity index (χ3n) is 5.55. The van der Waals surface area contributed by atoms with Crippen LogP contribution in [0.5, 0.6) is 0 Å². The van der Waals surface area contributed by atoms with E-state index in [1.807, 2.05) is 30.3 Å². The summed E-state index contributed by atoms with van der Waals surface area (Å²) in [5, 5.41) is 15.0. The second-order valence-electron chi connectivity index (χ2n) is 7.79. The Hall–Kier alpha value is -4.47. The predicted octanol–water partition coefficient (Wildman–Crippen LogP) is 3.72. The Labute approximate surface area is 199 Å². The van der Waals surface area contributed by atoms with E-state index in [1.165, 1.54) is 0 Å². The number of nitrogens with one attached hydrogen (secondary N) is 2. The van der Waals surface area contributed by atoms with Crippen molar-refractivity contribution in [1.82, 2.24) is 9.55 Å². The number of carbonyl (C=O) groups is 1. The van der Waals surface area contributed by atoms with E-state index in [0.717, 1.165) is 16.2 Å². The molecule has 0 aliphatic carbocycles. The predicted molar refractivity (Wildman–Crippen MR) is 131 cm³/mol. The van der Waals surface area contributed by atoms with E-state index in [1.54, 1.807) is 24.4 Å². The monoisotopic (exact) mass is 479 g/mol. The van der Waals surface area contributed by atoms with Crippen LogP contribution in [0.3, 0.4) is 0 Å². The van der Waals surface area contributed by atoms with E-state index in [2.05, 4.69) is 15.6 Å². The molecule has 4 rings (SSSR count). The number of aromatic carboxylic acids is 1. The highest BCUT2D eigenvalue weighted by Gasteiger charge is 2.25. The van der Waals surface area contributed by atoms with Crippen LogP contribution >= 0.6 is 0 Å². The van der Waals surface area contributed by atoms with Crippen LogP contribution in [0.25, 0.3) is 10.9 Å². The van der Waals surface area contributed by atoms with E-state index in [0.29, 0.717) is 12.2 Å². The van der Waals surface area contributed by atoms with E-state index in [9.17, 15) is 14.7 Å². The maximum absolute atomic E-state index is 15.7. The van der Waals surface area contributed by atoms with Gasteiger partial charge >= 0.3 is 5.97 Å². The number of benzene rings is 2. The largest absolute Gasteiger partial charge is 0.477 e. The second-order valence-corrected chi connectivity index (χ2v) is 7.79. The zero-order valence-corrected chi connectivity index (χ0v) is 18.6. The summed E-state index contributed by atoms with van der Waals surface area (Å²) in [4.78, 5) is 28.7. The molecule has 10 heteroatoms. The Bertz CT molecular complexity index is 1430. The number of aryl methyl sites for hydroxylation is 2. The molecule has 0 radical (unpaired) electrons. The minimum Gasteiger partial charge on any atom is -0.477 e. The summed E-state index contributed by atoms with van der Waals surface area (Å²) in [5.41, 5.74) is 4.08. The van der Waals surface area contributed by atoms with Crippen molar-refractivity contribution in [3.63, 3.8) is 0 Å². The van der Waals surface area contributed by atoms with Crippen molar-refractivity contribution in [2.45, 2.75) is 13.0 Å². The number of hydrogen-bond donors (Lipinski definition) is 4. The Morgan fingerprint density at radius 3 is 2.43 bits per heavy atom. The molecule has 0 fully saturated rings. The number of halogens is 2. The Kier molecular flexibility index (Phi) is 6.91. The van der Waals surface area contributed by atoms with Crippen molar-refractivity contribution >= 4 is 34.1 Å². The number of nitrogens with zero attached hydrogens (tertiary/aromatic N) is 2. The van der Waals surface area contributed by atoms with Gasteiger partial charge in [0.1, 0.15) is 17.2 Å². The highest BCUT2D eigenvalue weighted by Crippen LogP contribution is 2.33. The third kappa shape index (κ3) is 4.91. The fourth-order valence-electron chi connectivity index (χ4n) is 3.89. The average Bonchev–Trinajstić information content (AvgIpc) is 2.86. The zero-order valence-electron chi connectivity index (χ0n) is 18.6. The van der Waals surface area contributed by atoms with Gasteiger partial charge in [-0.25, -0.2) is 18.6 Å². The molecule has 8 nitrogen and oxygen atoms in total. The van der Waals surface area contributed by atoms with E-state index in [4.69, 9.17) is 5.73 Å². The van der Waals surface area contributed by atoms with Gasteiger partial charge in [-0.1, -0.05) is 36.4 Å². The van der Waals surface area contributed by atoms with Gasteiger partial charge in [0.25, 0.3) is 0 Å². The third-order valence-corrected chi connectivity index (χ3v) is 5.55. The molecule has 2 aromatic heterocycles. The molecule has 0 amide bonds. The second kappa shape index (κ2) is 10.2. The summed E-state index contributed by atoms with van der Waals surface area (Å²) in [7, 11) is 0. The number of aromatic nitrogens is 2. The number of pyridine rings is 2. The van der Waals surface area contributed by atoms with Crippen LogP contribution < -0.4 is 21.8 Å². The first-order chi connectivity index (χ1) is 16.9. The molecule has 0 atom stereocenters. The molecule has 5 N–H and O–H groups in total. The summed E-state index contributed by atoms with van der Waals surface area (Å²) < 4.78 is 31.9. The van der Waals surface area contributed by atoms with Crippen LogP contribution in [-0.2, 0) is 13.0 Å². The Morgan fingerprint density at radius 2 is 1.74 bits per heavy atom. The van der Waals surface area contributed by atoms with E-state index >= 15 is 8.78 Å². The maximum atomic E-state index is 15.7. The van der Waals surface area contributed by atoms with Crippen LogP contribution in [0.15, 0.2) is 65.6 Å². The number of nitrogens with two attached hydrogens (primary N) is 1. The smallest absolute Gasteiger partial charge is 0.352 e. The lowest BCUT2D eigenvalue weighted by atomic mass is 10.1. The Morgan fingerprint density at radius 1 is 1.03 bits per heavy atom. The average molecular weight is 479 g/mol. The van der Waals surface area contributed by atoms with Crippen LogP contribution in [0.4, 0.5) is 26.0 Å². The lowest BCUT2D eigenvalue weighted by Crippen LogP contribution is -2.23. The fourth-order valence-corrected chi connectivity index (χ4v) is 3.89. The minimum absolute atomic E-state index is 0.0328. The number of nitrogen functional groups attached to an aromatic ring is 1. The molecule has 180 valence electrons. The van der Waals surface area contributed by atoms with Gasteiger partial charge in [0, 0.05) is 31.9 Å². The van der Waals surface area contributed by atoms with Crippen LogP contribution in [0, 0.1) is 11.6 Å². The minimum atomic E-state index is -1.41. The summed E-state index contributed by atoms with van der Waals surface area (Å²) in [5.74, 6) is -3.01. The summed E-state index contributed by atoms with van der Waals surface area (Å²) in [6.07, 6.45) is 1.96. The lowest BCUT2D eigenvalue weighted by molar-refractivity contribution is 0.0684. The van der Waals surface area contributed by atoms with Crippen molar-refractivity contribution in [1.29, 1.82) is 0 Å². The van der Waals surface area contributed by atoms with Crippen molar-refractivity contribution in [3.05, 3.63) is 93.9 Å². The van der Waals surface area contributed by atoms with Gasteiger partial charge in [-0.3, -0.25) is 4.79 Å². The number of fused-ring (bicyclic) bond motifs is 1. The van der Waals surface area contributed by atoms with Crippen molar-refractivity contribution in [2.24, 2.45) is 0 Å². The van der Waals surface area contributed by atoms with Gasteiger partial charge in [-0.05, 0) is 24.1 Å². The first-order valence-corrected chi connectivity index (χ1v) is 10.9. The van der Waals surface area contributed by atoms with E-state index < -0.39 is 45.5 Å². The topological polar surface area (TPSA) is 122 Å². The molecule has 2 heterocycles. The number of carboxylic acid groups (broad SMARTS) is 1. The fraction of sp³-hybridized carbons (Fsp3) is 0.160. The standard InChI is InChI=1S/C25H23F2N5O3/c26-20-22(28)19-17(33)14-16(25(34)35)32(13-9-15-6-2-1-3-7-15)24(19)21(27)23(20)31-12-11-30-18-8-4-5-10-29-18/h1-8,10,14,31H,9,11-13,28H2,(H,29,30)(H,34,35). The van der Waals surface area contributed by atoms with Gasteiger partial charge in [-0.15, -0.1) is 0 Å². The molecule has 4 aromatic rings. The van der Waals surface area contributed by atoms with Crippen LogP contribution in [0.2, 0.25) is 0 Å². The first kappa shape index (κ1) is 23.7. The molecule has 0 unspecified atom stereocenters. The van der Waals surface area contributed by atoms with Crippen molar-refractivity contribution in [2.75, 3.05) is 29.5 Å². The number of hydrogen-bond acceptors (Lipinski definition) is 6. The molecule has 0 saturated heterocycles. The highest BCUT2D eigenvalue weighted by molar-refractivity contribution is 5.98. The van der Waals surface area contributed by atoms with Gasteiger partial charge in [0.2, 0.25) is 0 Å². The SMILES string of the molecule is Nc1c(F)c(NCCNc2ccccn2)c(F)c2c1c(=O)cc(C(=O)O)n2CCc1ccccc1. The van der Waals surface area contributed by atoms with Crippen LogP contribution in [0.1, 0.15) is 16.1 Å². The quantitative estimate of drug-likeness (QED) is 0.213. The molecular formula is C25H23F2N5O3. The molecule has 0 aliphatic rings. The summed E-state index contributed by atoms with van der Waals surface area (Å²) in [6, 6.07) is 15.3. The molecule has 0 saturated carbocycles. The van der Waals surface area contributed by atoms with E-state index in [-0.39, 0.29) is 25.2 Å². The highest BCUT2D eigenvalue weighted by atomic mass is 19.1. The Balaban J connectivity index is 1.74. The van der Waals surface area contributed by atoms with Crippen molar-refractivity contribution < 1.29 is 18.7 Å². The molecule has 0 bridgehead atoms. The molecule has 0 spiro atoms. The summed E-state index contributed by atoms with van der Waals surface area (Å²) >= 11 is 0. The van der Waals surface area contributed by atoms with Gasteiger partial charge in [0.15, 0.2) is 17.1 Å². The van der Waals surface area contributed by atoms with Crippen LogP contribution in [-0.4, -0.2) is 33.7 Å². The van der Waals surface area contributed by atoms with Gasteiger partial charge < -0.3 is 26.0 Å². The summed E-state index contributed by atoms with van der Waals surface area (Å²) in [6.45, 7) is 0.414. The number of rotatable bonds is 9. The zero-order chi connectivity index (χ0) is 24.9. The number of anilines is 3. The number of carboxylic acids is 1. The molecule has 2 aromatic carbocycles. The van der Waals surface area contributed by atoms with Crippen molar-refractivity contribution in [3.8, 4) is 0 Å². The normalized spacial score (nSPS) is 10.9. The maximum Gasteiger partial charge on any atom is 0.352 e. The first-order valence-electron chi connectivity index (χ1n) is 10.9. The lowest BCUT2D eigenvalue weighted by Gasteiger charge is -2.19. The molecule has 35 heavy (non-hydrogen) atoms. The van der Waals surface area contributed by atoms with Gasteiger partial charge in [0.05, 0.1) is 16.6 Å².